The Balaban J connectivity index is 1.24. The predicted molar refractivity (Wildman–Crippen MR) is 349 cm³/mol. The molecule has 33 nitrogen and oxygen atoms in total. The van der Waals surface area contributed by atoms with Gasteiger partial charge in [-0.2, -0.15) is 0 Å². The number of aliphatic hydroxyl groups is 6. The third-order valence-corrected chi connectivity index (χ3v) is 18.4. The highest BCUT2D eigenvalue weighted by molar-refractivity contribution is 6.32. The van der Waals surface area contributed by atoms with Crippen molar-refractivity contribution in [1.82, 2.24) is 37.2 Å². The molecule has 7 aliphatic rings. The Morgan fingerprint density at radius 1 is 0.713 bits per heavy atom. The van der Waals surface area contributed by atoms with Crippen LogP contribution >= 0.6 is 23.2 Å². The van der Waals surface area contributed by atoms with Crippen molar-refractivity contribution in [2.45, 2.75) is 156 Å². The normalized spacial score (nSPS) is 29.4. The van der Waals surface area contributed by atoms with Crippen LogP contribution in [-0.2, 0) is 52.6 Å². The van der Waals surface area contributed by atoms with Crippen molar-refractivity contribution in [3.05, 3.63) is 117 Å². The Hall–Kier alpha value is -9.20. The van der Waals surface area contributed by atoms with Crippen molar-refractivity contribution in [3.63, 3.8) is 0 Å². The van der Waals surface area contributed by atoms with Crippen LogP contribution in [0.4, 0.5) is 0 Å². The average molecular weight is 1450 g/mol. The van der Waals surface area contributed by atoms with Gasteiger partial charge in [-0.15, -0.1) is 0 Å². The lowest BCUT2D eigenvalue weighted by atomic mass is 9.86. The first-order chi connectivity index (χ1) is 47.7. The summed E-state index contributed by atoms with van der Waals surface area (Å²) >= 11 is 14.1. The lowest BCUT2D eigenvalue weighted by Gasteiger charge is -2.47. The first kappa shape index (κ1) is 74.5. The number of phenolic OH excluding ortho intramolecular Hbond substituents is 3. The van der Waals surface area contributed by atoms with Gasteiger partial charge in [0.1, 0.15) is 89.5 Å². The fourth-order valence-corrected chi connectivity index (χ4v) is 12.9. The van der Waals surface area contributed by atoms with Crippen LogP contribution in [0.1, 0.15) is 105 Å². The number of fused-ring (bicyclic) bond motifs is 15. The van der Waals surface area contributed by atoms with Crippen LogP contribution in [0.2, 0.25) is 10.0 Å². The van der Waals surface area contributed by atoms with Gasteiger partial charge < -0.3 is 128 Å². The molecule has 2 saturated heterocycles. The van der Waals surface area contributed by atoms with Gasteiger partial charge >= 0.3 is 5.97 Å². The summed E-state index contributed by atoms with van der Waals surface area (Å²) < 4.78 is 38.3. The van der Waals surface area contributed by atoms with E-state index in [-0.39, 0.29) is 46.2 Å². The van der Waals surface area contributed by atoms with E-state index in [9.17, 15) is 75.0 Å². The molecule has 5 aromatic carbocycles. The maximum absolute atomic E-state index is 16.0. The highest BCUT2D eigenvalue weighted by Crippen LogP contribution is 2.50. The van der Waals surface area contributed by atoms with Gasteiger partial charge in [0.05, 0.1) is 41.3 Å². The van der Waals surface area contributed by atoms with Gasteiger partial charge in [0, 0.05) is 34.7 Å². The van der Waals surface area contributed by atoms with Crippen LogP contribution in [0.5, 0.6) is 46.0 Å². The summed E-state index contributed by atoms with van der Waals surface area (Å²) in [6.07, 6.45) is -18.6. The molecule has 5 aromatic rings. The summed E-state index contributed by atoms with van der Waals surface area (Å²) in [6.45, 7) is 5.66. The second kappa shape index (κ2) is 30.2. The Morgan fingerprint density at radius 2 is 1.32 bits per heavy atom. The number of aliphatic carboxylic acids is 1. The van der Waals surface area contributed by atoms with E-state index in [1.165, 1.54) is 33.0 Å². The van der Waals surface area contributed by atoms with Gasteiger partial charge in [0.15, 0.2) is 29.9 Å². The van der Waals surface area contributed by atoms with E-state index in [4.69, 9.17) is 63.1 Å². The molecule has 12 rings (SSSR count). The van der Waals surface area contributed by atoms with Crippen LogP contribution < -0.4 is 62.9 Å². The largest absolute Gasteiger partial charge is 0.508 e. The monoisotopic (exact) mass is 1450 g/mol. The number of carbonyl (C=O) groups is 8. The van der Waals surface area contributed by atoms with Gasteiger partial charge in [-0.25, -0.2) is 4.79 Å². The molecule has 101 heavy (non-hydrogen) atoms. The van der Waals surface area contributed by atoms with Gasteiger partial charge in [-0.3, -0.25) is 33.6 Å². The van der Waals surface area contributed by atoms with Crippen LogP contribution in [0.3, 0.4) is 0 Å². The molecule has 7 amide bonds. The zero-order valence-corrected chi connectivity index (χ0v) is 55.8. The zero-order valence-electron chi connectivity index (χ0n) is 54.3. The average Bonchev–Trinajstić information content (AvgIpc) is 0.775. The maximum Gasteiger partial charge on any atom is 0.330 e. The molecule has 35 heteroatoms. The fourth-order valence-electron chi connectivity index (χ4n) is 12.5. The van der Waals surface area contributed by atoms with Gasteiger partial charge in [0.25, 0.3) is 0 Å². The molecule has 1 unspecified atom stereocenters. The Morgan fingerprint density at radius 3 is 1.90 bits per heavy atom. The molecule has 18 atom stereocenters. The lowest BCUT2D eigenvalue weighted by Crippen LogP contribution is -2.64. The van der Waals surface area contributed by atoms with Gasteiger partial charge in [0.2, 0.25) is 53.4 Å². The Kier molecular flexibility index (Phi) is 22.2. The van der Waals surface area contributed by atoms with Crippen LogP contribution in [0.15, 0.2) is 78.9 Å². The molecule has 0 saturated carbocycles. The van der Waals surface area contributed by atoms with Crippen LogP contribution in [0, 0.1) is 5.92 Å². The van der Waals surface area contributed by atoms with Crippen molar-refractivity contribution in [2.75, 3.05) is 13.7 Å². The molecule has 0 aliphatic carbocycles. The summed E-state index contributed by atoms with van der Waals surface area (Å²) in [5, 5.41) is 131. The molecule has 0 aromatic heterocycles. The molecule has 21 N–H and O–H groups in total. The number of benzene rings is 5. The third-order valence-electron chi connectivity index (χ3n) is 17.8. The molecular formula is C66H75Cl2N9O24. The number of likely N-dealkylation sites (N-methyl/N-ethyl adjacent to an activating group) is 1. The van der Waals surface area contributed by atoms with E-state index in [0.717, 1.165) is 66.7 Å². The summed E-state index contributed by atoms with van der Waals surface area (Å²) in [5.41, 5.74) is 8.00. The third kappa shape index (κ3) is 15.8. The second-order valence-electron chi connectivity index (χ2n) is 25.7. The standard InChI is InChI=1S/C66H75Cl2N9O24/c1-23(2)12-34(71-5)58(88)76-49-51(83)26-7-10-38(32(67)14-26)97-40-16-28-17-41(55(40)101-65-56(54(86)53(85)42(22-78)99-65)100-44-21-66(4,70)57(87)24(3)96-44)98-39-11-8-27(15-33(39)68)52(84)50-63(93)75-48(64(94)95)31-18-29(79)19-37(81)45(31)30-13-25(6-9-36(30)80)46(60(90)77-50)74-61(91)47(28)73-59(89)35(20-43(69)82)72-62(49)92/h6-11,13-19,23-24,34-35,42,44,46-54,56-57,65,71,78-81,83-87H,12,20-22,70H2,1-5H3,(H2,69,82)(H,72,92)(H,73,89)(H,74,91)(H,75,93)(H,76,88)(H,77,90)(H,94,95)/t24-,34?,35-,42+,44-,46+,47+,48+,49+,50-,51+,52+,53+,54-,56+,57+,65-,66-/m0/s1. The molecule has 2 fully saturated rings. The highest BCUT2D eigenvalue weighted by Gasteiger charge is 2.51. The number of rotatable bonds is 13. The number of nitrogens with two attached hydrogens (primary N) is 2. The topological polar surface area (TPSA) is 530 Å². The number of hydrogen-bond acceptors (Lipinski definition) is 25. The minimum absolute atomic E-state index is 0.0975. The quantitative estimate of drug-likeness (QED) is 0.0743. The van der Waals surface area contributed by atoms with E-state index >= 15 is 14.4 Å². The smallest absolute Gasteiger partial charge is 0.330 e. The summed E-state index contributed by atoms with van der Waals surface area (Å²) in [6, 6.07) is -0.679. The fraction of sp³-hybridized carbons (Fsp3) is 0.424. The van der Waals surface area contributed by atoms with E-state index in [1.807, 2.05) is 13.8 Å². The Labute approximate surface area is 584 Å². The number of hydrogen-bond donors (Lipinski definition) is 19. The van der Waals surface area contributed by atoms with Crippen molar-refractivity contribution < 1.29 is 118 Å². The molecule has 7 heterocycles. The Bertz CT molecular complexity index is 4070. The number of carboxylic acid groups (broad SMARTS) is 1. The predicted octanol–water partition coefficient (Wildman–Crippen LogP) is 0.106. The zero-order chi connectivity index (χ0) is 73.5. The number of primary amides is 1. The molecule has 0 radical (unpaired) electrons. The number of carboxylic acids is 1. The minimum Gasteiger partial charge on any atom is -0.508 e. The van der Waals surface area contributed by atoms with E-state index < -0.39 is 237 Å². The molecule has 0 spiro atoms. The number of halogens is 2. The van der Waals surface area contributed by atoms with Gasteiger partial charge in [-0.05, 0) is 110 Å². The number of nitrogens with one attached hydrogen (secondary N) is 7. The molecule has 7 aliphatic heterocycles. The van der Waals surface area contributed by atoms with Crippen molar-refractivity contribution >= 4 is 70.5 Å². The van der Waals surface area contributed by atoms with E-state index in [0.29, 0.717) is 0 Å². The van der Waals surface area contributed by atoms with Crippen LogP contribution in [-0.4, -0.2) is 191 Å². The lowest BCUT2D eigenvalue weighted by molar-refractivity contribution is -0.333. The van der Waals surface area contributed by atoms with Crippen molar-refractivity contribution in [3.8, 4) is 57.1 Å². The highest BCUT2D eigenvalue weighted by atomic mass is 35.5. The summed E-state index contributed by atoms with van der Waals surface area (Å²) in [5.74, 6) is -16.0. The SMILES string of the molecule is CNC(CC(C)C)C(=O)N[C@H]1C(=O)N[C@@H](CC(N)=O)C(=O)N[C@H]2C(=O)N[C@H]3C(=O)N[C@H](C(=O)N[C@@H](C(=O)O)c4cc(O)cc(O)c4-c4cc3ccc4O)[C@H](O)c3ccc(c(Cl)c3)Oc3cc2cc(c3O[C@@H]2O[C@H](CO)[C@@H](O)[C@H](O)[C@H]2O[C@H]2C[C@](C)(N)[C@H](O)[C@H](C)O2)Oc2ccc(cc2Cl)[C@H]1O. The second-order valence-corrected chi connectivity index (χ2v) is 26.5. The first-order valence-electron chi connectivity index (χ1n) is 31.6. The minimum atomic E-state index is -2.35. The number of aliphatic hydroxyl groups excluding tert-OH is 6. The summed E-state index contributed by atoms with van der Waals surface area (Å²) in [4.78, 5) is 117. The molecule has 11 bridgehead atoms. The maximum atomic E-state index is 16.0. The summed E-state index contributed by atoms with van der Waals surface area (Å²) in [7, 11) is 1.47. The number of amides is 7. The van der Waals surface area contributed by atoms with Crippen molar-refractivity contribution in [1.29, 1.82) is 0 Å². The number of carbonyl (C=O) groups excluding carboxylic acids is 7. The molecular weight excluding hydrogens is 1370 g/mol. The number of phenols is 3. The van der Waals surface area contributed by atoms with Crippen molar-refractivity contribution in [2.24, 2.45) is 17.4 Å². The number of aromatic hydroxyl groups is 3. The number of ether oxygens (including phenoxy) is 6. The first-order valence-corrected chi connectivity index (χ1v) is 32.4. The van der Waals surface area contributed by atoms with Gasteiger partial charge in [-0.1, -0.05) is 55.2 Å². The van der Waals surface area contributed by atoms with E-state index in [1.54, 1.807) is 0 Å². The van der Waals surface area contributed by atoms with E-state index in [2.05, 4.69) is 37.2 Å². The molecule has 542 valence electrons. The van der Waals surface area contributed by atoms with Crippen LogP contribution in [0.25, 0.3) is 11.1 Å².